The van der Waals surface area contributed by atoms with E-state index in [9.17, 15) is 9.59 Å². The zero-order valence-electron chi connectivity index (χ0n) is 18.7. The summed E-state index contributed by atoms with van der Waals surface area (Å²) in [4.78, 5) is 24.2. The van der Waals surface area contributed by atoms with Crippen LogP contribution < -0.4 is 20.7 Å². The molecule has 3 N–H and O–H groups in total. The first-order valence-electron chi connectivity index (χ1n) is 11.3. The number of amides is 2. The minimum Gasteiger partial charge on any atom is -0.494 e. The van der Waals surface area contributed by atoms with Crippen molar-refractivity contribution in [1.82, 2.24) is 5.32 Å². The van der Waals surface area contributed by atoms with Crippen LogP contribution in [-0.4, -0.2) is 31.5 Å². The monoisotopic (exact) mass is 425 g/mol. The van der Waals surface area contributed by atoms with Gasteiger partial charge in [-0.05, 0) is 49.2 Å². The molecule has 2 aromatic rings. The maximum atomic E-state index is 12.2. The van der Waals surface area contributed by atoms with Gasteiger partial charge in [0.2, 0.25) is 5.91 Å². The Morgan fingerprint density at radius 2 is 1.65 bits per heavy atom. The Hall–Kier alpha value is -3.02. The van der Waals surface area contributed by atoms with Crippen LogP contribution >= 0.6 is 0 Å². The number of hydrogen-bond donors (Lipinski definition) is 3. The van der Waals surface area contributed by atoms with Crippen molar-refractivity contribution < 1.29 is 14.3 Å². The van der Waals surface area contributed by atoms with Crippen LogP contribution in [0.2, 0.25) is 0 Å². The Morgan fingerprint density at radius 3 is 2.39 bits per heavy atom. The fraction of sp³-hybridized carbons (Fsp3) is 0.440. The topological polar surface area (TPSA) is 79.5 Å². The predicted molar refractivity (Wildman–Crippen MR) is 127 cm³/mol. The predicted octanol–water partition coefficient (Wildman–Crippen LogP) is 5.23. The molecule has 2 aromatic carbocycles. The summed E-state index contributed by atoms with van der Waals surface area (Å²) in [5.74, 6) is 0.535. The van der Waals surface area contributed by atoms with Crippen LogP contribution in [0.15, 0.2) is 48.5 Å². The van der Waals surface area contributed by atoms with Crippen molar-refractivity contribution in [1.29, 1.82) is 0 Å². The van der Waals surface area contributed by atoms with Crippen LogP contribution in [0.5, 0.6) is 5.75 Å². The highest BCUT2D eigenvalue weighted by molar-refractivity contribution is 5.96. The Labute approximate surface area is 185 Å². The van der Waals surface area contributed by atoms with E-state index in [4.69, 9.17) is 4.74 Å². The van der Waals surface area contributed by atoms with Crippen LogP contribution in [-0.2, 0) is 4.79 Å². The molecule has 0 radical (unpaired) electrons. The molecule has 0 atom stereocenters. The number of benzene rings is 2. The number of nitrogens with one attached hydrogen (secondary N) is 3. The van der Waals surface area contributed by atoms with Gasteiger partial charge in [-0.2, -0.15) is 0 Å². The molecule has 0 aromatic heterocycles. The first kappa shape index (κ1) is 24.3. The second-order valence-electron chi connectivity index (χ2n) is 7.53. The summed E-state index contributed by atoms with van der Waals surface area (Å²) < 4.78 is 5.81. The molecule has 31 heavy (non-hydrogen) atoms. The largest absolute Gasteiger partial charge is 0.494 e. The second-order valence-corrected chi connectivity index (χ2v) is 7.53. The van der Waals surface area contributed by atoms with Crippen molar-refractivity contribution in [3.8, 4) is 5.75 Å². The van der Waals surface area contributed by atoms with Gasteiger partial charge in [0, 0.05) is 29.5 Å². The van der Waals surface area contributed by atoms with Crippen molar-refractivity contribution in [2.45, 2.75) is 52.4 Å². The highest BCUT2D eigenvalue weighted by Gasteiger charge is 2.06. The summed E-state index contributed by atoms with van der Waals surface area (Å²) in [6, 6.07) is 14.5. The maximum absolute atomic E-state index is 12.2. The Morgan fingerprint density at radius 1 is 0.871 bits per heavy atom. The summed E-state index contributed by atoms with van der Waals surface area (Å²) in [5, 5.41) is 8.78. The van der Waals surface area contributed by atoms with E-state index in [1.54, 1.807) is 24.3 Å². The van der Waals surface area contributed by atoms with Crippen LogP contribution in [0.3, 0.4) is 0 Å². The highest BCUT2D eigenvalue weighted by atomic mass is 16.5. The van der Waals surface area contributed by atoms with E-state index in [1.165, 1.54) is 25.7 Å². The third kappa shape index (κ3) is 9.55. The van der Waals surface area contributed by atoms with Crippen molar-refractivity contribution in [3.05, 3.63) is 54.1 Å². The molecular weight excluding hydrogens is 390 g/mol. The van der Waals surface area contributed by atoms with Gasteiger partial charge in [0.1, 0.15) is 5.75 Å². The van der Waals surface area contributed by atoms with E-state index in [2.05, 4.69) is 22.9 Å². The van der Waals surface area contributed by atoms with Gasteiger partial charge in [0.05, 0.1) is 13.2 Å². The van der Waals surface area contributed by atoms with Gasteiger partial charge in [-0.1, -0.05) is 45.6 Å². The third-order valence-electron chi connectivity index (χ3n) is 4.77. The average molecular weight is 426 g/mol. The van der Waals surface area contributed by atoms with Gasteiger partial charge in [0.15, 0.2) is 0 Å². The average Bonchev–Trinajstić information content (AvgIpc) is 2.79. The third-order valence-corrected chi connectivity index (χ3v) is 4.77. The van der Waals surface area contributed by atoms with E-state index < -0.39 is 0 Å². The van der Waals surface area contributed by atoms with Crippen molar-refractivity contribution in [3.63, 3.8) is 0 Å². The summed E-state index contributed by atoms with van der Waals surface area (Å²) in [7, 11) is 0. The Balaban J connectivity index is 1.74. The van der Waals surface area contributed by atoms with E-state index in [0.717, 1.165) is 24.3 Å². The summed E-state index contributed by atoms with van der Waals surface area (Å²) >= 11 is 0. The van der Waals surface area contributed by atoms with E-state index >= 15 is 0 Å². The zero-order chi connectivity index (χ0) is 22.3. The molecular formula is C25H35N3O3. The number of carbonyl (C=O) groups excluding carboxylic acids is 2. The van der Waals surface area contributed by atoms with Crippen molar-refractivity contribution >= 4 is 23.2 Å². The van der Waals surface area contributed by atoms with Gasteiger partial charge in [0.25, 0.3) is 5.91 Å². The van der Waals surface area contributed by atoms with Crippen LogP contribution in [0.4, 0.5) is 11.4 Å². The van der Waals surface area contributed by atoms with Crippen LogP contribution in [0.1, 0.15) is 62.7 Å². The zero-order valence-corrected chi connectivity index (χ0v) is 18.7. The van der Waals surface area contributed by atoms with Crippen LogP contribution in [0, 0.1) is 0 Å². The van der Waals surface area contributed by atoms with Gasteiger partial charge in [-0.3, -0.25) is 9.59 Å². The molecule has 0 saturated carbocycles. The minimum atomic E-state index is -0.162. The molecule has 0 heterocycles. The quantitative estimate of drug-likeness (QED) is 0.362. The molecule has 0 saturated heterocycles. The SMILES string of the molecule is CCCCCCCOc1cccc(NCC(=O)Nc2ccc(C(=O)NCCC)cc2)c1. The standard InChI is InChI=1S/C25H35N3O3/c1-3-5-6-7-8-17-31-23-11-9-10-22(18-23)27-19-24(29)28-21-14-12-20(13-15-21)25(30)26-16-4-2/h9-15,18,27H,3-8,16-17,19H2,1-2H3,(H,26,30)(H,28,29). The second kappa shape index (κ2) is 14.1. The van der Waals surface area contributed by atoms with E-state index in [1.807, 2.05) is 31.2 Å². The van der Waals surface area contributed by atoms with Crippen molar-refractivity contribution in [2.24, 2.45) is 0 Å². The first-order chi connectivity index (χ1) is 15.1. The first-order valence-corrected chi connectivity index (χ1v) is 11.3. The minimum absolute atomic E-state index is 0.107. The molecule has 0 aliphatic rings. The molecule has 0 spiro atoms. The summed E-state index contributed by atoms with van der Waals surface area (Å²) in [5.41, 5.74) is 2.06. The van der Waals surface area contributed by atoms with E-state index in [-0.39, 0.29) is 18.4 Å². The normalized spacial score (nSPS) is 10.4. The molecule has 0 unspecified atom stereocenters. The fourth-order valence-corrected chi connectivity index (χ4v) is 3.02. The lowest BCUT2D eigenvalue weighted by molar-refractivity contribution is -0.114. The molecule has 0 bridgehead atoms. The number of unbranched alkanes of at least 4 members (excludes halogenated alkanes) is 4. The van der Waals surface area contributed by atoms with Gasteiger partial charge >= 0.3 is 0 Å². The molecule has 2 amide bonds. The summed E-state index contributed by atoms with van der Waals surface area (Å²) in [6.07, 6.45) is 6.91. The number of rotatable bonds is 14. The Bertz CT molecular complexity index is 806. The molecule has 6 heteroatoms. The maximum Gasteiger partial charge on any atom is 0.251 e. The number of carbonyl (C=O) groups is 2. The number of anilines is 2. The lowest BCUT2D eigenvalue weighted by Gasteiger charge is -2.11. The summed E-state index contributed by atoms with van der Waals surface area (Å²) in [6.45, 7) is 5.71. The van der Waals surface area contributed by atoms with Gasteiger partial charge in [-0.15, -0.1) is 0 Å². The smallest absolute Gasteiger partial charge is 0.251 e. The number of hydrogen-bond acceptors (Lipinski definition) is 4. The molecule has 0 aliphatic carbocycles. The van der Waals surface area contributed by atoms with Crippen LogP contribution in [0.25, 0.3) is 0 Å². The molecule has 0 fully saturated rings. The molecule has 6 nitrogen and oxygen atoms in total. The van der Waals surface area contributed by atoms with Gasteiger partial charge < -0.3 is 20.7 Å². The lowest BCUT2D eigenvalue weighted by atomic mass is 10.2. The lowest BCUT2D eigenvalue weighted by Crippen LogP contribution is -2.24. The van der Waals surface area contributed by atoms with Crippen molar-refractivity contribution in [2.75, 3.05) is 30.3 Å². The Kier molecular flexibility index (Phi) is 11.0. The van der Waals surface area contributed by atoms with E-state index in [0.29, 0.717) is 24.4 Å². The highest BCUT2D eigenvalue weighted by Crippen LogP contribution is 2.18. The number of ether oxygens (including phenoxy) is 1. The van der Waals surface area contributed by atoms with Gasteiger partial charge in [-0.25, -0.2) is 0 Å². The molecule has 168 valence electrons. The fourth-order valence-electron chi connectivity index (χ4n) is 3.02. The molecule has 0 aliphatic heterocycles. The molecule has 2 rings (SSSR count).